The molecule has 0 aliphatic carbocycles. The average Bonchev–Trinajstić information content (AvgIpc) is 2.24. The highest BCUT2D eigenvalue weighted by atomic mass is 79.9. The van der Waals surface area contributed by atoms with Crippen molar-refractivity contribution in [3.63, 3.8) is 0 Å². The molecule has 3 nitrogen and oxygen atoms in total. The van der Waals surface area contributed by atoms with Crippen LogP contribution in [-0.2, 0) is 0 Å². The lowest BCUT2D eigenvalue weighted by Crippen LogP contribution is -1.84. The fourth-order valence-electron chi connectivity index (χ4n) is 0.914. The molecule has 0 bridgehead atoms. The Morgan fingerprint density at radius 3 is 2.73 bits per heavy atom. The van der Waals surface area contributed by atoms with Gasteiger partial charge in [0.2, 0.25) is 0 Å². The third-order valence-electron chi connectivity index (χ3n) is 1.51. The summed E-state index contributed by atoms with van der Waals surface area (Å²) >= 11 is 10.7. The Balaban J connectivity index is 2.25. The molecule has 2 aromatic heterocycles. The van der Waals surface area contributed by atoms with Gasteiger partial charge < -0.3 is 0 Å². The minimum absolute atomic E-state index is 0.597. The first kappa shape index (κ1) is 10.9. The molecule has 0 aliphatic rings. The van der Waals surface area contributed by atoms with Gasteiger partial charge in [-0.3, -0.25) is 4.98 Å². The second kappa shape index (κ2) is 4.92. The number of halogens is 2. The topological polar surface area (TPSA) is 38.7 Å². The zero-order valence-electron chi connectivity index (χ0n) is 7.39. The van der Waals surface area contributed by atoms with E-state index >= 15 is 0 Å². The van der Waals surface area contributed by atoms with E-state index < -0.39 is 0 Å². The second-order valence-corrected chi connectivity index (χ2v) is 4.92. The molecule has 0 saturated carbocycles. The van der Waals surface area contributed by atoms with Gasteiger partial charge in [0.25, 0.3) is 0 Å². The molecule has 2 rings (SSSR count). The highest BCUT2D eigenvalue weighted by Crippen LogP contribution is 2.31. The maximum Gasteiger partial charge on any atom is 0.121 e. The first-order valence-corrected chi connectivity index (χ1v) is 5.99. The first-order chi connectivity index (χ1) is 7.25. The zero-order valence-corrected chi connectivity index (χ0v) is 10.6. The fraction of sp³-hybridized carbons (Fsp3) is 0. The van der Waals surface area contributed by atoms with Crippen LogP contribution >= 0.6 is 39.3 Å². The molecule has 0 unspecified atom stereocenters. The number of hydrogen-bond acceptors (Lipinski definition) is 4. The van der Waals surface area contributed by atoms with E-state index in [1.807, 2.05) is 0 Å². The van der Waals surface area contributed by atoms with Gasteiger partial charge in [0.1, 0.15) is 10.1 Å². The van der Waals surface area contributed by atoms with Crippen LogP contribution in [0.1, 0.15) is 0 Å². The molecule has 15 heavy (non-hydrogen) atoms. The van der Waals surface area contributed by atoms with Crippen LogP contribution in [0.3, 0.4) is 0 Å². The summed E-state index contributed by atoms with van der Waals surface area (Å²) in [6, 6.07) is 1.80. The molecule has 0 fully saturated rings. The zero-order chi connectivity index (χ0) is 10.7. The van der Waals surface area contributed by atoms with Gasteiger partial charge in [-0.1, -0.05) is 11.6 Å². The van der Waals surface area contributed by atoms with Crippen molar-refractivity contribution in [2.75, 3.05) is 0 Å². The smallest absolute Gasteiger partial charge is 0.121 e. The number of aromatic nitrogens is 3. The summed E-state index contributed by atoms with van der Waals surface area (Å²) in [4.78, 5) is 12.3. The van der Waals surface area contributed by atoms with Gasteiger partial charge in [0, 0.05) is 23.1 Å². The molecule has 2 aromatic rings. The van der Waals surface area contributed by atoms with Crippen molar-refractivity contribution in [2.45, 2.75) is 10.1 Å². The standard InChI is InChI=1S/C9H5BrClN3S/c10-6-3-7(11)9(14-4-6)15-8-5-12-1-2-13-8/h1-5H. The van der Waals surface area contributed by atoms with Crippen molar-refractivity contribution < 1.29 is 0 Å². The van der Waals surface area contributed by atoms with Crippen molar-refractivity contribution in [1.29, 1.82) is 0 Å². The molecular weight excluding hydrogens is 298 g/mol. The van der Waals surface area contributed by atoms with E-state index in [-0.39, 0.29) is 0 Å². The third kappa shape index (κ3) is 2.90. The molecule has 0 amide bonds. The summed E-state index contributed by atoms with van der Waals surface area (Å²) in [5.41, 5.74) is 0. The molecule has 0 saturated heterocycles. The van der Waals surface area contributed by atoms with E-state index in [0.29, 0.717) is 5.02 Å². The molecule has 0 aliphatic heterocycles. The summed E-state index contributed by atoms with van der Waals surface area (Å²) in [7, 11) is 0. The molecule has 0 N–H and O–H groups in total. The first-order valence-electron chi connectivity index (χ1n) is 4.00. The van der Waals surface area contributed by atoms with E-state index in [9.17, 15) is 0 Å². The summed E-state index contributed by atoms with van der Waals surface area (Å²) in [6.07, 6.45) is 6.63. The quantitative estimate of drug-likeness (QED) is 0.852. The largest absolute Gasteiger partial charge is 0.260 e. The van der Waals surface area contributed by atoms with Gasteiger partial charge in [0.05, 0.1) is 11.2 Å². The van der Waals surface area contributed by atoms with Crippen LogP contribution in [0.4, 0.5) is 0 Å². The van der Waals surface area contributed by atoms with Gasteiger partial charge in [-0.15, -0.1) is 0 Å². The van der Waals surface area contributed by atoms with Crippen LogP contribution in [0, 0.1) is 0 Å². The Bertz CT molecular complexity index is 466. The molecule has 0 atom stereocenters. The van der Waals surface area contributed by atoms with Gasteiger partial charge in [-0.2, -0.15) is 0 Å². The molecular formula is C9H5BrClN3S. The fourth-order valence-corrected chi connectivity index (χ4v) is 2.35. The second-order valence-electron chi connectivity index (χ2n) is 2.59. The molecule has 0 spiro atoms. The van der Waals surface area contributed by atoms with Crippen LogP contribution in [0.2, 0.25) is 5.02 Å². The Kier molecular flexibility index (Phi) is 3.56. The Morgan fingerprint density at radius 2 is 2.07 bits per heavy atom. The summed E-state index contributed by atoms with van der Waals surface area (Å²) in [5.74, 6) is 0. The number of nitrogens with zero attached hydrogens (tertiary/aromatic N) is 3. The van der Waals surface area contributed by atoms with E-state index in [1.54, 1.807) is 30.9 Å². The molecule has 0 aromatic carbocycles. The SMILES string of the molecule is Clc1cc(Br)cnc1Sc1cnccn1. The number of pyridine rings is 1. The lowest BCUT2D eigenvalue weighted by Gasteiger charge is -2.01. The van der Waals surface area contributed by atoms with E-state index in [1.165, 1.54) is 11.8 Å². The van der Waals surface area contributed by atoms with Crippen molar-refractivity contribution in [2.24, 2.45) is 0 Å². The van der Waals surface area contributed by atoms with Crippen molar-refractivity contribution in [3.8, 4) is 0 Å². The van der Waals surface area contributed by atoms with Crippen LogP contribution in [-0.4, -0.2) is 15.0 Å². The number of rotatable bonds is 2. The summed E-state index contributed by atoms with van der Waals surface area (Å²) in [6.45, 7) is 0. The minimum Gasteiger partial charge on any atom is -0.260 e. The van der Waals surface area contributed by atoms with E-state index in [0.717, 1.165) is 14.5 Å². The Labute approximate surface area is 104 Å². The molecule has 6 heteroatoms. The predicted molar refractivity (Wildman–Crippen MR) is 63.1 cm³/mol. The van der Waals surface area contributed by atoms with Gasteiger partial charge in [-0.25, -0.2) is 9.97 Å². The summed E-state index contributed by atoms with van der Waals surface area (Å²) in [5, 5.41) is 2.09. The predicted octanol–water partition coefficient (Wildman–Crippen LogP) is 3.44. The van der Waals surface area contributed by atoms with Crippen molar-refractivity contribution >= 4 is 39.3 Å². The summed E-state index contributed by atoms with van der Waals surface area (Å²) < 4.78 is 0.857. The lowest BCUT2D eigenvalue weighted by atomic mass is 10.5. The van der Waals surface area contributed by atoms with Gasteiger partial charge in [-0.05, 0) is 33.8 Å². The Morgan fingerprint density at radius 1 is 1.20 bits per heavy atom. The Hall–Kier alpha value is -0.650. The number of hydrogen-bond donors (Lipinski definition) is 0. The molecule has 0 radical (unpaired) electrons. The molecule has 76 valence electrons. The van der Waals surface area contributed by atoms with Gasteiger partial charge >= 0.3 is 0 Å². The monoisotopic (exact) mass is 301 g/mol. The lowest BCUT2D eigenvalue weighted by molar-refractivity contribution is 1.04. The molecule has 2 heterocycles. The minimum atomic E-state index is 0.597. The maximum absolute atomic E-state index is 6.02. The normalized spacial score (nSPS) is 10.3. The van der Waals surface area contributed by atoms with Crippen LogP contribution in [0.15, 0.2) is 45.4 Å². The van der Waals surface area contributed by atoms with Crippen LogP contribution in [0.25, 0.3) is 0 Å². The average molecular weight is 303 g/mol. The van der Waals surface area contributed by atoms with Crippen molar-refractivity contribution in [1.82, 2.24) is 15.0 Å². The highest BCUT2D eigenvalue weighted by Gasteiger charge is 2.05. The maximum atomic E-state index is 6.02. The third-order valence-corrected chi connectivity index (χ3v) is 3.29. The van der Waals surface area contributed by atoms with Crippen LogP contribution in [0.5, 0.6) is 0 Å². The van der Waals surface area contributed by atoms with Gasteiger partial charge in [0.15, 0.2) is 0 Å². The van der Waals surface area contributed by atoms with E-state index in [4.69, 9.17) is 11.6 Å². The van der Waals surface area contributed by atoms with Crippen LogP contribution < -0.4 is 0 Å². The van der Waals surface area contributed by atoms with Crippen molar-refractivity contribution in [3.05, 3.63) is 40.3 Å². The highest BCUT2D eigenvalue weighted by molar-refractivity contribution is 9.10. The van der Waals surface area contributed by atoms with E-state index in [2.05, 4.69) is 30.9 Å².